The van der Waals surface area contributed by atoms with E-state index in [1.54, 1.807) is 35.6 Å². The van der Waals surface area contributed by atoms with Gasteiger partial charge in [-0.1, -0.05) is 6.08 Å². The third-order valence-electron chi connectivity index (χ3n) is 1.12. The molecule has 1 amide bonds. The molecule has 0 fully saturated rings. The minimum absolute atomic E-state index is 0.262. The monoisotopic (exact) mass is 151 g/mol. The maximum atomic E-state index is 10.3. The zero-order chi connectivity index (χ0) is 8.10. The molecule has 0 aromatic carbocycles. The number of imidazole rings is 1. The summed E-state index contributed by atoms with van der Waals surface area (Å²) in [5.74, 6) is -0.332. The Balaban J connectivity index is 2.43. The molecule has 0 radical (unpaired) electrons. The second-order valence-electron chi connectivity index (χ2n) is 2.07. The van der Waals surface area contributed by atoms with Gasteiger partial charge in [0.1, 0.15) is 0 Å². The van der Waals surface area contributed by atoms with Crippen LogP contribution in [0.3, 0.4) is 0 Å². The van der Waals surface area contributed by atoms with Crippen molar-refractivity contribution >= 4 is 12.1 Å². The van der Waals surface area contributed by atoms with Crippen molar-refractivity contribution in [2.75, 3.05) is 0 Å². The van der Waals surface area contributed by atoms with Crippen LogP contribution in [-0.2, 0) is 4.79 Å². The van der Waals surface area contributed by atoms with E-state index < -0.39 is 0 Å². The highest BCUT2D eigenvalue weighted by molar-refractivity contribution is 5.75. The van der Waals surface area contributed by atoms with Crippen molar-refractivity contribution in [2.24, 2.45) is 5.73 Å². The molecule has 0 unspecified atom stereocenters. The van der Waals surface area contributed by atoms with Crippen molar-refractivity contribution in [3.05, 3.63) is 24.8 Å². The predicted molar refractivity (Wildman–Crippen MR) is 41.4 cm³/mol. The van der Waals surface area contributed by atoms with E-state index in [0.717, 1.165) is 0 Å². The lowest BCUT2D eigenvalue weighted by Gasteiger charge is -1.88. The summed E-state index contributed by atoms with van der Waals surface area (Å²) in [5.41, 5.74) is 4.92. The van der Waals surface area contributed by atoms with Gasteiger partial charge in [-0.15, -0.1) is 0 Å². The van der Waals surface area contributed by atoms with Crippen molar-refractivity contribution < 1.29 is 4.79 Å². The fraction of sp³-hybridized carbons (Fsp3) is 0.143. The van der Waals surface area contributed by atoms with Gasteiger partial charge in [-0.3, -0.25) is 4.79 Å². The second-order valence-corrected chi connectivity index (χ2v) is 2.07. The molecule has 4 heteroatoms. The van der Waals surface area contributed by atoms with Crippen molar-refractivity contribution in [1.82, 2.24) is 9.55 Å². The minimum Gasteiger partial charge on any atom is -0.369 e. The van der Waals surface area contributed by atoms with Crippen molar-refractivity contribution in [2.45, 2.75) is 6.42 Å². The molecule has 1 aromatic rings. The van der Waals surface area contributed by atoms with Crippen molar-refractivity contribution in [1.29, 1.82) is 0 Å². The summed E-state index contributed by atoms with van der Waals surface area (Å²) in [7, 11) is 0. The van der Waals surface area contributed by atoms with Gasteiger partial charge in [0.2, 0.25) is 5.91 Å². The van der Waals surface area contributed by atoms with Crippen molar-refractivity contribution in [3.63, 3.8) is 0 Å². The molecule has 0 saturated carbocycles. The van der Waals surface area contributed by atoms with Gasteiger partial charge in [0.05, 0.1) is 6.33 Å². The van der Waals surface area contributed by atoms with E-state index in [2.05, 4.69) is 4.98 Å². The number of nitrogens with two attached hydrogens (primary N) is 1. The number of nitrogens with zero attached hydrogens (tertiary/aromatic N) is 2. The lowest BCUT2D eigenvalue weighted by Crippen LogP contribution is -2.08. The minimum atomic E-state index is -0.332. The SMILES string of the molecule is NC(=O)CC=Cn1ccnc1. The first-order valence-corrected chi connectivity index (χ1v) is 3.21. The molecular formula is C7H9N3O. The summed E-state index contributed by atoms with van der Waals surface area (Å²) < 4.78 is 1.74. The molecule has 0 spiro atoms. The highest BCUT2D eigenvalue weighted by Crippen LogP contribution is 1.88. The highest BCUT2D eigenvalue weighted by atomic mass is 16.1. The Kier molecular flexibility index (Phi) is 2.43. The zero-order valence-electron chi connectivity index (χ0n) is 5.97. The first-order chi connectivity index (χ1) is 5.29. The summed E-state index contributed by atoms with van der Waals surface area (Å²) in [6.07, 6.45) is 8.75. The van der Waals surface area contributed by atoms with Crippen LogP contribution in [0.5, 0.6) is 0 Å². The zero-order valence-corrected chi connectivity index (χ0v) is 5.97. The van der Waals surface area contributed by atoms with Gasteiger partial charge in [0, 0.05) is 25.0 Å². The predicted octanol–water partition coefficient (Wildman–Crippen LogP) is 0.229. The molecule has 0 aliphatic rings. The van der Waals surface area contributed by atoms with Crippen LogP contribution in [0.25, 0.3) is 6.20 Å². The smallest absolute Gasteiger partial charge is 0.221 e. The van der Waals surface area contributed by atoms with Gasteiger partial charge in [0.25, 0.3) is 0 Å². The van der Waals surface area contributed by atoms with Gasteiger partial charge in [-0.05, 0) is 0 Å². The Hall–Kier alpha value is -1.58. The quantitative estimate of drug-likeness (QED) is 0.672. The molecule has 1 heterocycles. The second kappa shape index (κ2) is 3.55. The first kappa shape index (κ1) is 7.53. The van der Waals surface area contributed by atoms with E-state index in [9.17, 15) is 4.79 Å². The van der Waals surface area contributed by atoms with Crippen LogP contribution in [0.2, 0.25) is 0 Å². The normalized spacial score (nSPS) is 10.5. The van der Waals surface area contributed by atoms with Crippen LogP contribution in [0.15, 0.2) is 24.8 Å². The molecule has 0 aliphatic heterocycles. The number of aromatic nitrogens is 2. The van der Waals surface area contributed by atoms with Crippen LogP contribution in [0.1, 0.15) is 6.42 Å². The highest BCUT2D eigenvalue weighted by Gasteiger charge is 1.86. The van der Waals surface area contributed by atoms with E-state index in [1.165, 1.54) is 0 Å². The van der Waals surface area contributed by atoms with E-state index >= 15 is 0 Å². The summed E-state index contributed by atoms with van der Waals surface area (Å²) in [5, 5.41) is 0. The Morgan fingerprint density at radius 2 is 2.55 bits per heavy atom. The average molecular weight is 151 g/mol. The molecule has 0 atom stereocenters. The van der Waals surface area contributed by atoms with Gasteiger partial charge >= 0.3 is 0 Å². The van der Waals surface area contributed by atoms with Crippen LogP contribution in [-0.4, -0.2) is 15.5 Å². The maximum absolute atomic E-state index is 10.3. The number of primary amides is 1. The molecule has 1 rings (SSSR count). The molecule has 0 saturated heterocycles. The molecule has 11 heavy (non-hydrogen) atoms. The maximum Gasteiger partial charge on any atom is 0.221 e. The van der Waals surface area contributed by atoms with E-state index in [-0.39, 0.29) is 12.3 Å². The number of hydrogen-bond donors (Lipinski definition) is 1. The van der Waals surface area contributed by atoms with E-state index in [0.29, 0.717) is 0 Å². The average Bonchev–Trinajstić information content (AvgIpc) is 2.39. The van der Waals surface area contributed by atoms with Gasteiger partial charge in [-0.25, -0.2) is 4.98 Å². The molecule has 2 N–H and O–H groups in total. The number of hydrogen-bond acceptors (Lipinski definition) is 2. The van der Waals surface area contributed by atoms with E-state index in [1.807, 2.05) is 0 Å². The molecule has 1 aromatic heterocycles. The Morgan fingerprint density at radius 3 is 3.09 bits per heavy atom. The van der Waals surface area contributed by atoms with Crippen LogP contribution < -0.4 is 5.73 Å². The van der Waals surface area contributed by atoms with Gasteiger partial charge in [-0.2, -0.15) is 0 Å². The van der Waals surface area contributed by atoms with Crippen LogP contribution in [0, 0.1) is 0 Å². The lowest BCUT2D eigenvalue weighted by atomic mass is 10.4. The third kappa shape index (κ3) is 2.66. The molecule has 0 bridgehead atoms. The first-order valence-electron chi connectivity index (χ1n) is 3.21. The fourth-order valence-corrected chi connectivity index (χ4v) is 0.648. The van der Waals surface area contributed by atoms with Gasteiger partial charge < -0.3 is 10.3 Å². The summed E-state index contributed by atoms with van der Waals surface area (Å²) >= 11 is 0. The largest absolute Gasteiger partial charge is 0.369 e. The molecular weight excluding hydrogens is 142 g/mol. The number of rotatable bonds is 3. The third-order valence-corrected chi connectivity index (χ3v) is 1.12. The Labute approximate surface area is 64.3 Å². The molecule has 58 valence electrons. The lowest BCUT2D eigenvalue weighted by molar-refractivity contribution is -0.117. The summed E-state index contributed by atoms with van der Waals surface area (Å²) in [6, 6.07) is 0. The fourth-order valence-electron chi connectivity index (χ4n) is 0.648. The standard InChI is InChI=1S/C7H9N3O/c8-7(11)2-1-4-10-5-3-9-6-10/h1,3-6H,2H2,(H2,8,11). The number of amides is 1. The van der Waals surface area contributed by atoms with E-state index in [4.69, 9.17) is 5.73 Å². The topological polar surface area (TPSA) is 60.9 Å². The Morgan fingerprint density at radius 1 is 1.73 bits per heavy atom. The number of carbonyl (C=O) groups is 1. The van der Waals surface area contributed by atoms with Crippen LogP contribution >= 0.6 is 0 Å². The van der Waals surface area contributed by atoms with Crippen molar-refractivity contribution in [3.8, 4) is 0 Å². The Bertz CT molecular complexity index is 251. The van der Waals surface area contributed by atoms with Gasteiger partial charge in [0.15, 0.2) is 0 Å². The number of carbonyl (C=O) groups excluding carboxylic acids is 1. The molecule has 0 aliphatic carbocycles. The summed E-state index contributed by atoms with van der Waals surface area (Å²) in [4.78, 5) is 14.1. The summed E-state index contributed by atoms with van der Waals surface area (Å²) in [6.45, 7) is 0. The molecule has 4 nitrogen and oxygen atoms in total. The van der Waals surface area contributed by atoms with Crippen LogP contribution in [0.4, 0.5) is 0 Å².